The molecule has 0 aromatic heterocycles. The fraction of sp³-hybridized carbons (Fsp3) is 1.00. The van der Waals surface area contributed by atoms with Crippen LogP contribution < -0.4 is 0 Å². The molecule has 0 aromatic carbocycles. The molecule has 2 saturated carbocycles. The minimum absolute atomic E-state index is 0.0438. The number of rotatable bonds is 8. The van der Waals surface area contributed by atoms with Crippen molar-refractivity contribution in [3.63, 3.8) is 0 Å². The Morgan fingerprint density at radius 2 is 1.64 bits per heavy atom. The lowest BCUT2D eigenvalue weighted by molar-refractivity contribution is -0.388. The summed E-state index contributed by atoms with van der Waals surface area (Å²) in [4.78, 5) is 35.8. The third kappa shape index (κ3) is 4.70. The van der Waals surface area contributed by atoms with Gasteiger partial charge in [-0.2, -0.15) is 4.91 Å². The maximum atomic E-state index is 11.9. The number of hydroxylamine groups is 4. The van der Waals surface area contributed by atoms with Gasteiger partial charge in [0.2, 0.25) is 0 Å². The normalized spacial score (nSPS) is 36.4. The molecule has 6 atom stereocenters. The first-order valence-electron chi connectivity index (χ1n) is 8.71. The van der Waals surface area contributed by atoms with Crippen molar-refractivity contribution in [1.29, 1.82) is 0 Å². The average molecular weight is 359 g/mol. The molecule has 25 heavy (non-hydrogen) atoms. The van der Waals surface area contributed by atoms with E-state index in [1.165, 1.54) is 14.2 Å². The van der Waals surface area contributed by atoms with Gasteiger partial charge in [-0.1, -0.05) is 12.1 Å². The second-order valence-corrected chi connectivity index (χ2v) is 7.02. The van der Waals surface area contributed by atoms with Crippen molar-refractivity contribution in [2.24, 2.45) is 28.3 Å². The van der Waals surface area contributed by atoms with Crippen molar-refractivity contribution < 1.29 is 14.6 Å². The van der Waals surface area contributed by atoms with E-state index >= 15 is 0 Å². The standard InChI is InChI=1S/C15H27N4O6/c1-10-8-11(5-7-14(10)19(24-3)25-17-21)12-4-6-13(16-20)15(9-12)18(22)23-2/h10-15H,4-9H2,1-3H3/q-1. The first-order valence-corrected chi connectivity index (χ1v) is 8.71. The summed E-state index contributed by atoms with van der Waals surface area (Å²) in [5.41, 5.74) is 0. The van der Waals surface area contributed by atoms with Crippen molar-refractivity contribution in [3.8, 4) is 0 Å². The van der Waals surface area contributed by atoms with Crippen molar-refractivity contribution in [1.82, 2.24) is 10.5 Å². The molecule has 2 aliphatic rings. The van der Waals surface area contributed by atoms with Crippen molar-refractivity contribution >= 4 is 0 Å². The van der Waals surface area contributed by atoms with Crippen molar-refractivity contribution in [3.05, 3.63) is 15.0 Å². The Balaban J connectivity index is 1.97. The molecule has 0 bridgehead atoms. The topological polar surface area (TPSA) is 116 Å². The van der Waals surface area contributed by atoms with Gasteiger partial charge in [-0.15, -0.1) is 4.91 Å². The van der Waals surface area contributed by atoms with Crippen LogP contribution in [0.25, 0.3) is 0 Å². The van der Waals surface area contributed by atoms with Crippen LogP contribution in [0.5, 0.6) is 0 Å². The van der Waals surface area contributed by atoms with Gasteiger partial charge in [0.25, 0.3) is 0 Å². The van der Waals surface area contributed by atoms with E-state index in [-0.39, 0.29) is 12.0 Å². The van der Waals surface area contributed by atoms with E-state index in [9.17, 15) is 15.0 Å². The first kappa shape index (κ1) is 20.1. The summed E-state index contributed by atoms with van der Waals surface area (Å²) in [5, 5.41) is 19.1. The van der Waals surface area contributed by atoms with Crippen LogP contribution in [0.1, 0.15) is 45.4 Å². The number of nitrogens with zero attached hydrogens (tertiary/aromatic N) is 4. The van der Waals surface area contributed by atoms with E-state index in [4.69, 9.17) is 9.68 Å². The molecule has 0 heterocycles. The SMILES string of the molecule is CON([O-])C1CC(C2CCC(N(OC)ON=O)C(C)C2)CCC1N=O. The average Bonchev–Trinajstić information content (AvgIpc) is 2.65. The highest BCUT2D eigenvalue weighted by Crippen LogP contribution is 2.43. The minimum atomic E-state index is -0.521. The van der Waals surface area contributed by atoms with Crippen LogP contribution in [0.3, 0.4) is 0 Å². The van der Waals surface area contributed by atoms with Crippen LogP contribution in [0, 0.1) is 32.8 Å². The summed E-state index contributed by atoms with van der Waals surface area (Å²) in [7, 11) is 2.75. The molecule has 10 heteroatoms. The second-order valence-electron chi connectivity index (χ2n) is 7.02. The van der Waals surface area contributed by atoms with E-state index in [1.807, 2.05) is 0 Å². The van der Waals surface area contributed by atoms with Crippen LogP contribution in [-0.2, 0) is 14.6 Å². The van der Waals surface area contributed by atoms with Crippen molar-refractivity contribution in [2.75, 3.05) is 14.2 Å². The quantitative estimate of drug-likeness (QED) is 0.480. The largest absolute Gasteiger partial charge is 0.762 e. The molecule has 2 fully saturated rings. The lowest BCUT2D eigenvalue weighted by Gasteiger charge is -2.46. The van der Waals surface area contributed by atoms with Crippen LogP contribution in [0.2, 0.25) is 0 Å². The smallest absolute Gasteiger partial charge is 0.178 e. The Morgan fingerprint density at radius 3 is 2.20 bits per heavy atom. The number of nitroso groups, excluding NO2 is 1. The molecule has 0 N–H and O–H groups in total. The van der Waals surface area contributed by atoms with Crippen LogP contribution in [-0.4, -0.2) is 42.8 Å². The fourth-order valence-electron chi connectivity index (χ4n) is 4.50. The summed E-state index contributed by atoms with van der Waals surface area (Å²) in [5.74, 6) is 1.03. The molecule has 0 aliphatic heterocycles. The van der Waals surface area contributed by atoms with Gasteiger partial charge in [0, 0.05) is 11.3 Å². The Bertz CT molecular complexity index is 442. The molecule has 0 aromatic rings. The fourth-order valence-corrected chi connectivity index (χ4v) is 4.50. The lowest BCUT2D eigenvalue weighted by atomic mass is 9.68. The zero-order chi connectivity index (χ0) is 18.4. The second kappa shape index (κ2) is 9.48. The van der Waals surface area contributed by atoms with Gasteiger partial charge >= 0.3 is 0 Å². The highest BCUT2D eigenvalue weighted by Gasteiger charge is 2.41. The molecular formula is C15H27N4O6-. The summed E-state index contributed by atoms with van der Waals surface area (Å²) in [6, 6.07) is -1.08. The van der Waals surface area contributed by atoms with Crippen LogP contribution in [0.15, 0.2) is 10.5 Å². The monoisotopic (exact) mass is 359 g/mol. The van der Waals surface area contributed by atoms with Gasteiger partial charge in [0.15, 0.2) is 5.34 Å². The van der Waals surface area contributed by atoms with Gasteiger partial charge in [0.05, 0.1) is 20.3 Å². The summed E-state index contributed by atoms with van der Waals surface area (Å²) >= 11 is 0. The molecule has 0 radical (unpaired) electrons. The highest BCUT2D eigenvalue weighted by molar-refractivity contribution is 4.93. The van der Waals surface area contributed by atoms with Gasteiger partial charge in [-0.05, 0) is 56.3 Å². The summed E-state index contributed by atoms with van der Waals surface area (Å²) in [6.07, 6.45) is 4.76. The molecule has 0 amide bonds. The molecule has 2 aliphatic carbocycles. The maximum absolute atomic E-state index is 11.9. The molecule has 10 nitrogen and oxygen atoms in total. The van der Waals surface area contributed by atoms with Gasteiger partial charge in [-0.3, -0.25) is 10.1 Å². The van der Waals surface area contributed by atoms with E-state index < -0.39 is 12.1 Å². The Kier molecular flexibility index (Phi) is 7.63. The van der Waals surface area contributed by atoms with E-state index in [2.05, 4.69) is 22.4 Å². The van der Waals surface area contributed by atoms with Crippen LogP contribution >= 0.6 is 0 Å². The Hall–Kier alpha value is -1.20. The predicted octanol–water partition coefficient (Wildman–Crippen LogP) is 2.93. The molecule has 0 saturated heterocycles. The zero-order valence-corrected chi connectivity index (χ0v) is 14.9. The van der Waals surface area contributed by atoms with Gasteiger partial charge in [-0.25, -0.2) is 4.94 Å². The number of hydrogen-bond acceptors (Lipinski definition) is 10. The molecule has 0 spiro atoms. The van der Waals surface area contributed by atoms with Gasteiger partial charge in [0.1, 0.15) is 6.04 Å². The Morgan fingerprint density at radius 1 is 0.960 bits per heavy atom. The lowest BCUT2D eigenvalue weighted by Crippen LogP contribution is -2.47. The van der Waals surface area contributed by atoms with E-state index in [0.29, 0.717) is 29.9 Å². The third-order valence-corrected chi connectivity index (χ3v) is 5.80. The summed E-state index contributed by atoms with van der Waals surface area (Å²) in [6.45, 7) is 2.09. The van der Waals surface area contributed by atoms with Crippen LogP contribution in [0.4, 0.5) is 0 Å². The number of hydrogen-bond donors (Lipinski definition) is 0. The molecule has 2 rings (SSSR count). The highest BCUT2D eigenvalue weighted by atomic mass is 17.0. The first-order chi connectivity index (χ1) is 12.0. The third-order valence-electron chi connectivity index (χ3n) is 5.80. The summed E-state index contributed by atoms with van der Waals surface area (Å²) < 4.78 is 0. The molecule has 144 valence electrons. The van der Waals surface area contributed by atoms with E-state index in [0.717, 1.165) is 30.9 Å². The Labute approximate surface area is 147 Å². The minimum Gasteiger partial charge on any atom is -0.762 e. The zero-order valence-electron chi connectivity index (χ0n) is 14.9. The van der Waals surface area contributed by atoms with Crippen molar-refractivity contribution in [2.45, 2.75) is 63.6 Å². The predicted molar refractivity (Wildman–Crippen MR) is 88.9 cm³/mol. The van der Waals surface area contributed by atoms with Gasteiger partial charge < -0.3 is 10.0 Å². The van der Waals surface area contributed by atoms with E-state index in [1.54, 1.807) is 0 Å². The molecular weight excluding hydrogens is 332 g/mol. The maximum Gasteiger partial charge on any atom is 0.178 e. The molecule has 6 unspecified atom stereocenters.